The highest BCUT2D eigenvalue weighted by Gasteiger charge is 1.98. The largest absolute Gasteiger partial charge is 0.394 e. The zero-order valence-corrected chi connectivity index (χ0v) is 4.41. The van der Waals surface area contributed by atoms with Crippen molar-refractivity contribution in [1.82, 2.24) is 0 Å². The van der Waals surface area contributed by atoms with Gasteiger partial charge in [0.1, 0.15) is 6.10 Å². The molecule has 0 bridgehead atoms. The van der Waals surface area contributed by atoms with Gasteiger partial charge < -0.3 is 14.9 Å². The highest BCUT2D eigenvalue weighted by Crippen LogP contribution is 1.80. The predicted octanol–water partition coefficient (Wildman–Crippen LogP) is -1.26. The van der Waals surface area contributed by atoms with Crippen molar-refractivity contribution in [3.8, 4) is 0 Å². The molecule has 0 amide bonds. The molecule has 0 fully saturated rings. The summed E-state index contributed by atoms with van der Waals surface area (Å²) >= 11 is 0. The quantitative estimate of drug-likeness (QED) is 0.456. The first-order valence-electron chi connectivity index (χ1n) is 2.26. The lowest BCUT2D eigenvalue weighted by Crippen LogP contribution is -2.19. The number of hydrogen-bond acceptors (Lipinski definition) is 3. The second kappa shape index (κ2) is 4.99. The van der Waals surface area contributed by atoms with Gasteiger partial charge in [-0.25, -0.2) is 5.11 Å². The van der Waals surface area contributed by atoms with Crippen LogP contribution in [0.4, 0.5) is 0 Å². The Bertz CT molecular complexity index is 47.3. The van der Waals surface area contributed by atoms with Gasteiger partial charge in [0.2, 0.25) is 0 Å². The van der Waals surface area contributed by atoms with Gasteiger partial charge in [-0.1, -0.05) is 0 Å². The third-order valence-corrected chi connectivity index (χ3v) is 0.604. The molecule has 4 heteroatoms. The van der Waals surface area contributed by atoms with Gasteiger partial charge in [0.15, 0.2) is 6.79 Å². The first-order chi connectivity index (χ1) is 3.81. The van der Waals surface area contributed by atoms with Gasteiger partial charge in [0.25, 0.3) is 0 Å². The molecule has 1 atom stereocenters. The molecular formula is C4H9O4. The maximum Gasteiger partial charge on any atom is 0.180 e. The molecule has 0 rings (SSSR count). The number of aliphatic hydroxyl groups is 2. The van der Waals surface area contributed by atoms with Crippen molar-refractivity contribution in [3.05, 3.63) is 0 Å². The molecule has 0 spiro atoms. The fourth-order valence-electron chi connectivity index (χ4n) is 0.237. The van der Waals surface area contributed by atoms with Crippen LogP contribution in [0.5, 0.6) is 0 Å². The number of hydrogen-bond donors (Lipinski definition) is 2. The summed E-state index contributed by atoms with van der Waals surface area (Å²) in [5.41, 5.74) is 0. The van der Waals surface area contributed by atoms with Crippen LogP contribution < -0.4 is 0 Å². The highest BCUT2D eigenvalue weighted by atomic mass is 16.6. The number of aliphatic hydroxyl groups excluding tert-OH is 2. The Labute approximate surface area is 47.3 Å². The van der Waals surface area contributed by atoms with Crippen LogP contribution in [0.25, 0.3) is 0 Å². The van der Waals surface area contributed by atoms with Gasteiger partial charge in [-0.3, -0.25) is 0 Å². The van der Waals surface area contributed by atoms with Crippen molar-refractivity contribution in [2.24, 2.45) is 0 Å². The van der Waals surface area contributed by atoms with Crippen LogP contribution in [0.1, 0.15) is 0 Å². The molecule has 0 heterocycles. The van der Waals surface area contributed by atoms with Crippen LogP contribution in [0.2, 0.25) is 0 Å². The van der Waals surface area contributed by atoms with Gasteiger partial charge in [-0.05, 0) is 0 Å². The Morgan fingerprint density at radius 2 is 2.25 bits per heavy atom. The maximum atomic E-state index is 9.54. The standard InChI is InChI=1S/C4H9O4/c5-1-4(7)2-8-3-6/h4-5,7H,1-3H2. The Kier molecular flexibility index (Phi) is 4.89. The fraction of sp³-hybridized carbons (Fsp3) is 1.00. The summed E-state index contributed by atoms with van der Waals surface area (Å²) in [5, 5.41) is 26.1. The Morgan fingerprint density at radius 3 is 2.62 bits per heavy atom. The molecule has 0 aromatic heterocycles. The molecule has 4 nitrogen and oxygen atoms in total. The average molecular weight is 121 g/mol. The molecule has 0 aliphatic rings. The van der Waals surface area contributed by atoms with Crippen LogP contribution in [-0.2, 0) is 9.84 Å². The van der Waals surface area contributed by atoms with E-state index in [9.17, 15) is 5.11 Å². The lowest BCUT2D eigenvalue weighted by Gasteiger charge is -2.03. The van der Waals surface area contributed by atoms with E-state index in [1.165, 1.54) is 0 Å². The van der Waals surface area contributed by atoms with Crippen molar-refractivity contribution in [3.63, 3.8) is 0 Å². The lowest BCUT2D eigenvalue weighted by molar-refractivity contribution is -0.0805. The van der Waals surface area contributed by atoms with Crippen LogP contribution in [-0.4, -0.2) is 36.3 Å². The molecule has 0 saturated carbocycles. The summed E-state index contributed by atoms with van der Waals surface area (Å²) in [4.78, 5) is 0. The van der Waals surface area contributed by atoms with Crippen molar-refractivity contribution in [2.75, 3.05) is 20.0 Å². The second-order valence-electron chi connectivity index (χ2n) is 1.33. The summed E-state index contributed by atoms with van der Waals surface area (Å²) in [6, 6.07) is 0. The molecule has 0 aliphatic carbocycles. The van der Waals surface area contributed by atoms with E-state index in [2.05, 4.69) is 4.74 Å². The second-order valence-corrected chi connectivity index (χ2v) is 1.33. The monoisotopic (exact) mass is 121 g/mol. The molecular weight excluding hydrogens is 112 g/mol. The van der Waals surface area contributed by atoms with E-state index in [1.807, 2.05) is 0 Å². The van der Waals surface area contributed by atoms with Gasteiger partial charge in [-0.15, -0.1) is 0 Å². The highest BCUT2D eigenvalue weighted by molar-refractivity contribution is 4.46. The van der Waals surface area contributed by atoms with E-state index in [-0.39, 0.29) is 13.2 Å². The minimum atomic E-state index is -0.913. The topological polar surface area (TPSA) is 69.6 Å². The Hall–Kier alpha value is -0.160. The fourth-order valence-corrected chi connectivity index (χ4v) is 0.237. The summed E-state index contributed by atoms with van der Waals surface area (Å²) in [7, 11) is 0. The van der Waals surface area contributed by atoms with Gasteiger partial charge >= 0.3 is 0 Å². The smallest absolute Gasteiger partial charge is 0.180 e. The Morgan fingerprint density at radius 1 is 1.62 bits per heavy atom. The molecule has 0 aromatic carbocycles. The Balaban J connectivity index is 2.86. The third kappa shape index (κ3) is 4.01. The van der Waals surface area contributed by atoms with Crippen LogP contribution in [0.15, 0.2) is 0 Å². The average Bonchev–Trinajstić information content (AvgIpc) is 1.83. The first kappa shape index (κ1) is 7.84. The van der Waals surface area contributed by atoms with Gasteiger partial charge in [0.05, 0.1) is 13.2 Å². The van der Waals surface area contributed by atoms with E-state index in [1.54, 1.807) is 0 Å². The zero-order valence-electron chi connectivity index (χ0n) is 4.41. The summed E-state index contributed by atoms with van der Waals surface area (Å²) in [5.74, 6) is 0. The van der Waals surface area contributed by atoms with Crippen LogP contribution in [0, 0.1) is 0 Å². The molecule has 0 saturated heterocycles. The molecule has 0 aliphatic heterocycles. The summed E-state index contributed by atoms with van der Waals surface area (Å²) in [6.07, 6.45) is -0.913. The van der Waals surface area contributed by atoms with Crippen molar-refractivity contribution < 1.29 is 20.1 Å². The van der Waals surface area contributed by atoms with Crippen LogP contribution >= 0.6 is 0 Å². The normalized spacial score (nSPS) is 13.9. The van der Waals surface area contributed by atoms with E-state index in [4.69, 9.17) is 10.2 Å². The molecule has 1 radical (unpaired) electrons. The third-order valence-electron chi connectivity index (χ3n) is 0.604. The number of ether oxygens (including phenoxy) is 1. The maximum absolute atomic E-state index is 9.54. The van der Waals surface area contributed by atoms with Crippen molar-refractivity contribution >= 4 is 0 Å². The molecule has 49 valence electrons. The van der Waals surface area contributed by atoms with Crippen molar-refractivity contribution in [1.29, 1.82) is 0 Å². The SMILES string of the molecule is [O]COCC(O)CO. The van der Waals surface area contributed by atoms with Crippen molar-refractivity contribution in [2.45, 2.75) is 6.10 Å². The predicted molar refractivity (Wildman–Crippen MR) is 24.6 cm³/mol. The van der Waals surface area contributed by atoms with Crippen LogP contribution in [0.3, 0.4) is 0 Å². The lowest BCUT2D eigenvalue weighted by atomic mass is 10.4. The van der Waals surface area contributed by atoms with E-state index < -0.39 is 12.9 Å². The van der Waals surface area contributed by atoms with E-state index in [0.29, 0.717) is 0 Å². The zero-order chi connectivity index (χ0) is 6.41. The molecule has 0 aromatic rings. The summed E-state index contributed by atoms with van der Waals surface area (Å²) in [6.45, 7) is -1.11. The molecule has 2 N–H and O–H groups in total. The first-order valence-corrected chi connectivity index (χ1v) is 2.26. The number of rotatable bonds is 4. The minimum Gasteiger partial charge on any atom is -0.394 e. The summed E-state index contributed by atoms with van der Waals surface area (Å²) < 4.78 is 4.22. The van der Waals surface area contributed by atoms with E-state index >= 15 is 0 Å². The minimum absolute atomic E-state index is 0.0833. The van der Waals surface area contributed by atoms with E-state index in [0.717, 1.165) is 0 Å². The molecule has 8 heavy (non-hydrogen) atoms. The van der Waals surface area contributed by atoms with Gasteiger partial charge in [-0.2, -0.15) is 0 Å². The molecule has 1 unspecified atom stereocenters. The van der Waals surface area contributed by atoms with Gasteiger partial charge in [0, 0.05) is 0 Å².